The van der Waals surface area contributed by atoms with E-state index in [9.17, 15) is 19.8 Å². The Bertz CT molecular complexity index is 908. The van der Waals surface area contributed by atoms with Gasteiger partial charge in [0.2, 0.25) is 0 Å². The van der Waals surface area contributed by atoms with Crippen molar-refractivity contribution in [3.8, 4) is 0 Å². The molecule has 3 rings (SSSR count). The van der Waals surface area contributed by atoms with Crippen molar-refractivity contribution in [3.63, 3.8) is 0 Å². The predicted molar refractivity (Wildman–Crippen MR) is 118 cm³/mol. The number of hydrogen-bond acceptors (Lipinski definition) is 4. The molecule has 0 radical (unpaired) electrons. The van der Waals surface area contributed by atoms with Gasteiger partial charge in [-0.2, -0.15) is 0 Å². The van der Waals surface area contributed by atoms with Crippen LogP contribution in [0.4, 0.5) is 0 Å². The van der Waals surface area contributed by atoms with Crippen molar-refractivity contribution >= 4 is 39.3 Å². The summed E-state index contributed by atoms with van der Waals surface area (Å²) in [6.07, 6.45) is -2.22. The van der Waals surface area contributed by atoms with E-state index in [1.54, 1.807) is 25.1 Å². The number of rotatable bonds is 6. The van der Waals surface area contributed by atoms with Gasteiger partial charge in [0.25, 0.3) is 11.8 Å². The molecule has 0 bridgehead atoms. The van der Waals surface area contributed by atoms with E-state index in [4.69, 9.17) is 11.6 Å². The molecule has 3 N–H and O–H groups in total. The minimum Gasteiger partial charge on any atom is -0.380 e. The molecular formula is C22H24BrClN2O4. The molecule has 1 fully saturated rings. The molecule has 0 saturated carbocycles. The first kappa shape index (κ1) is 22.7. The summed E-state index contributed by atoms with van der Waals surface area (Å²) < 4.78 is 0.908. The average molecular weight is 496 g/mol. The van der Waals surface area contributed by atoms with Crippen molar-refractivity contribution in [2.45, 2.75) is 44.1 Å². The summed E-state index contributed by atoms with van der Waals surface area (Å²) in [7, 11) is 0. The lowest BCUT2D eigenvalue weighted by Crippen LogP contribution is -2.50. The molecule has 1 saturated heterocycles. The number of hydrogen-bond donors (Lipinski definition) is 3. The number of aliphatic hydroxyl groups is 2. The topological polar surface area (TPSA) is 89.9 Å². The van der Waals surface area contributed by atoms with Crippen LogP contribution in [0.1, 0.15) is 43.0 Å². The van der Waals surface area contributed by atoms with Gasteiger partial charge in [0.1, 0.15) is 0 Å². The maximum atomic E-state index is 12.9. The van der Waals surface area contributed by atoms with E-state index in [1.165, 1.54) is 4.90 Å². The number of aliphatic hydroxyl groups excluding tert-OH is 2. The molecule has 6 nitrogen and oxygen atoms in total. The smallest absolute Gasteiger partial charge is 0.255 e. The first-order valence-corrected chi connectivity index (χ1v) is 10.9. The second-order valence-corrected chi connectivity index (χ2v) is 8.77. The molecule has 1 aliphatic heterocycles. The Labute approximate surface area is 189 Å². The number of likely N-dealkylation sites (tertiary alicyclic amines) is 1. The molecule has 1 unspecified atom stereocenters. The van der Waals surface area contributed by atoms with E-state index in [1.807, 2.05) is 30.3 Å². The number of nitrogens with zero attached hydrogens (tertiary/aromatic N) is 1. The molecule has 30 heavy (non-hydrogen) atoms. The van der Waals surface area contributed by atoms with Crippen LogP contribution in [0.5, 0.6) is 0 Å². The zero-order valence-electron chi connectivity index (χ0n) is 16.5. The predicted octanol–water partition coefficient (Wildman–Crippen LogP) is 3.37. The van der Waals surface area contributed by atoms with Crippen molar-refractivity contribution in [2.75, 3.05) is 6.54 Å². The fourth-order valence-corrected chi connectivity index (χ4v) is 4.14. The lowest BCUT2D eigenvalue weighted by atomic mass is 10.0. The summed E-state index contributed by atoms with van der Waals surface area (Å²) in [6, 6.07) is 13.9. The van der Waals surface area contributed by atoms with Crippen LogP contribution in [0.25, 0.3) is 0 Å². The second kappa shape index (κ2) is 9.92. The largest absolute Gasteiger partial charge is 0.380 e. The Morgan fingerprint density at radius 2 is 1.87 bits per heavy atom. The lowest BCUT2D eigenvalue weighted by molar-refractivity contribution is -0.154. The second-order valence-electron chi connectivity index (χ2n) is 7.42. The molecule has 0 aliphatic carbocycles. The molecule has 2 amide bonds. The number of carbonyl (C=O) groups excluding carboxylic acids is 2. The number of halogens is 2. The van der Waals surface area contributed by atoms with E-state index in [-0.39, 0.29) is 6.04 Å². The third-order valence-corrected chi connectivity index (χ3v) is 6.08. The fraction of sp³-hybridized carbons (Fsp3) is 0.364. The third-order valence-electron chi connectivity index (χ3n) is 5.32. The van der Waals surface area contributed by atoms with E-state index < -0.39 is 30.1 Å². The molecule has 1 heterocycles. The molecule has 160 valence electrons. The molecule has 4 atom stereocenters. The minimum absolute atomic E-state index is 0.247. The SMILES string of the molecule is C[C@H](NC(=O)[C@H](O)[C@@H](O)C(=O)N1CCCC1c1cccc(Cl)c1)c1ccc(Br)cc1. The number of amides is 2. The van der Waals surface area contributed by atoms with Crippen LogP contribution < -0.4 is 5.32 Å². The van der Waals surface area contributed by atoms with Gasteiger partial charge in [-0.3, -0.25) is 9.59 Å². The van der Waals surface area contributed by atoms with Gasteiger partial charge in [-0.15, -0.1) is 0 Å². The Morgan fingerprint density at radius 3 is 2.53 bits per heavy atom. The van der Waals surface area contributed by atoms with Gasteiger partial charge >= 0.3 is 0 Å². The van der Waals surface area contributed by atoms with Crippen LogP contribution in [-0.4, -0.2) is 45.7 Å². The van der Waals surface area contributed by atoms with Crippen LogP contribution >= 0.6 is 27.5 Å². The van der Waals surface area contributed by atoms with Crippen LogP contribution in [0.2, 0.25) is 5.02 Å². The Morgan fingerprint density at radius 1 is 1.17 bits per heavy atom. The monoisotopic (exact) mass is 494 g/mol. The standard InChI is InChI=1S/C22H24BrClN2O4/c1-13(14-7-9-16(23)10-8-14)25-21(29)19(27)20(28)22(30)26-11-3-6-18(26)15-4-2-5-17(24)12-15/h2,4-5,7-10,12-13,18-20,27-28H,3,6,11H2,1H3,(H,25,29)/t13-,18?,19+,20+/m0/s1. The van der Waals surface area contributed by atoms with Gasteiger partial charge in [-0.05, 0) is 55.2 Å². The first-order chi connectivity index (χ1) is 14.3. The quantitative estimate of drug-likeness (QED) is 0.573. The van der Waals surface area contributed by atoms with Gasteiger partial charge in [0, 0.05) is 16.0 Å². The van der Waals surface area contributed by atoms with Crippen molar-refractivity contribution in [1.82, 2.24) is 10.2 Å². The van der Waals surface area contributed by atoms with Crippen molar-refractivity contribution < 1.29 is 19.8 Å². The summed E-state index contributed by atoms with van der Waals surface area (Å²) in [6.45, 7) is 2.20. The van der Waals surface area contributed by atoms with E-state index >= 15 is 0 Å². The maximum Gasteiger partial charge on any atom is 0.255 e. The Hall–Kier alpha value is -1.93. The van der Waals surface area contributed by atoms with Crippen molar-refractivity contribution in [2.24, 2.45) is 0 Å². The average Bonchev–Trinajstić information content (AvgIpc) is 3.22. The summed E-state index contributed by atoms with van der Waals surface area (Å²) in [5.74, 6) is -1.47. The van der Waals surface area contributed by atoms with Gasteiger partial charge in [-0.1, -0.05) is 51.8 Å². The van der Waals surface area contributed by atoms with Crippen LogP contribution in [0.15, 0.2) is 53.0 Å². The highest BCUT2D eigenvalue weighted by Gasteiger charge is 2.38. The highest BCUT2D eigenvalue weighted by molar-refractivity contribution is 9.10. The Balaban J connectivity index is 1.65. The fourth-order valence-electron chi connectivity index (χ4n) is 3.67. The number of nitrogens with one attached hydrogen (secondary N) is 1. The maximum absolute atomic E-state index is 12.9. The molecule has 1 aliphatic rings. The van der Waals surface area contributed by atoms with Crippen molar-refractivity contribution in [3.05, 3.63) is 69.2 Å². The van der Waals surface area contributed by atoms with E-state index in [0.29, 0.717) is 11.6 Å². The zero-order chi connectivity index (χ0) is 21.8. The molecule has 0 aromatic heterocycles. The molecule has 0 spiro atoms. The summed E-state index contributed by atoms with van der Waals surface area (Å²) in [5.41, 5.74) is 1.70. The number of benzene rings is 2. The van der Waals surface area contributed by atoms with E-state index in [2.05, 4.69) is 21.2 Å². The summed E-state index contributed by atoms with van der Waals surface area (Å²) in [4.78, 5) is 26.8. The van der Waals surface area contributed by atoms with Crippen LogP contribution in [-0.2, 0) is 9.59 Å². The minimum atomic E-state index is -1.86. The van der Waals surface area contributed by atoms with E-state index in [0.717, 1.165) is 28.4 Å². The molecule has 8 heteroatoms. The molecular weight excluding hydrogens is 472 g/mol. The zero-order valence-corrected chi connectivity index (χ0v) is 18.8. The van der Waals surface area contributed by atoms with Gasteiger partial charge in [0.15, 0.2) is 12.2 Å². The van der Waals surface area contributed by atoms with Gasteiger partial charge in [-0.25, -0.2) is 0 Å². The lowest BCUT2D eigenvalue weighted by Gasteiger charge is -2.29. The normalized spacial score (nSPS) is 19.2. The van der Waals surface area contributed by atoms with Crippen molar-refractivity contribution in [1.29, 1.82) is 0 Å². The van der Waals surface area contributed by atoms with Gasteiger partial charge < -0.3 is 20.4 Å². The Kier molecular flexibility index (Phi) is 7.52. The highest BCUT2D eigenvalue weighted by Crippen LogP contribution is 2.33. The van der Waals surface area contributed by atoms with Crippen LogP contribution in [0, 0.1) is 0 Å². The number of carbonyl (C=O) groups is 2. The highest BCUT2D eigenvalue weighted by atomic mass is 79.9. The third kappa shape index (κ3) is 5.21. The molecule has 2 aromatic carbocycles. The molecule has 2 aromatic rings. The van der Waals surface area contributed by atoms with Gasteiger partial charge in [0.05, 0.1) is 12.1 Å². The van der Waals surface area contributed by atoms with Crippen LogP contribution in [0.3, 0.4) is 0 Å². The summed E-state index contributed by atoms with van der Waals surface area (Å²) in [5, 5.41) is 23.9. The first-order valence-electron chi connectivity index (χ1n) is 9.76. The summed E-state index contributed by atoms with van der Waals surface area (Å²) >= 11 is 9.42.